The molecule has 2 aromatic rings. The normalized spacial score (nSPS) is 12.8. The summed E-state index contributed by atoms with van der Waals surface area (Å²) in [6, 6.07) is 18.3. The summed E-state index contributed by atoms with van der Waals surface area (Å²) in [6.45, 7) is 1.08. The van der Waals surface area contributed by atoms with Crippen LogP contribution in [0.2, 0.25) is 0 Å². The van der Waals surface area contributed by atoms with Gasteiger partial charge in [0, 0.05) is 6.92 Å². The first-order chi connectivity index (χ1) is 9.52. The Morgan fingerprint density at radius 3 is 1.30 bits per heavy atom. The van der Waals surface area contributed by atoms with Crippen molar-refractivity contribution in [3.05, 3.63) is 71.8 Å². The van der Waals surface area contributed by atoms with Gasteiger partial charge in [0.2, 0.25) is 0 Å². The lowest BCUT2D eigenvalue weighted by molar-refractivity contribution is -0.134. The molecule has 0 aliphatic rings. The van der Waals surface area contributed by atoms with E-state index in [9.17, 15) is 10.2 Å². The van der Waals surface area contributed by atoms with Crippen LogP contribution in [-0.2, 0) is 4.79 Å². The first-order valence-electron chi connectivity index (χ1n) is 6.18. The van der Waals surface area contributed by atoms with E-state index in [-0.39, 0.29) is 0 Å². The molecule has 0 spiro atoms. The molecule has 2 unspecified atom stereocenters. The van der Waals surface area contributed by atoms with Crippen LogP contribution in [0.4, 0.5) is 0 Å². The van der Waals surface area contributed by atoms with Gasteiger partial charge in [0.15, 0.2) is 0 Å². The third-order valence-corrected chi connectivity index (χ3v) is 2.58. The molecular formula is C16H18O4. The molecular weight excluding hydrogens is 256 g/mol. The molecule has 0 aliphatic carbocycles. The van der Waals surface area contributed by atoms with Gasteiger partial charge in [-0.15, -0.1) is 0 Å². The Kier molecular flexibility index (Phi) is 6.43. The van der Waals surface area contributed by atoms with E-state index in [1.807, 2.05) is 36.4 Å². The Bertz CT molecular complexity index is 463. The van der Waals surface area contributed by atoms with Gasteiger partial charge in [-0.05, 0) is 11.1 Å². The summed E-state index contributed by atoms with van der Waals surface area (Å²) in [5.41, 5.74) is 1.44. The fourth-order valence-electron chi connectivity index (χ4n) is 1.67. The Labute approximate surface area is 117 Å². The van der Waals surface area contributed by atoms with E-state index in [1.165, 1.54) is 0 Å². The number of benzene rings is 2. The van der Waals surface area contributed by atoms with Gasteiger partial charge >= 0.3 is 0 Å². The Balaban J connectivity index is 0.000000444. The number of aliphatic carboxylic acids is 1. The van der Waals surface area contributed by atoms with Gasteiger partial charge < -0.3 is 15.3 Å². The summed E-state index contributed by atoms with van der Waals surface area (Å²) in [6.07, 6.45) is -1.77. The standard InChI is InChI=1S/C14H14O2.C2H4O2/c15-13(11-7-3-1-4-8-11)14(16)12-9-5-2-6-10-12;1-2(3)4/h1-10,13-16H;1H3,(H,3,4). The fourth-order valence-corrected chi connectivity index (χ4v) is 1.67. The predicted octanol–water partition coefficient (Wildman–Crippen LogP) is 2.54. The third-order valence-electron chi connectivity index (χ3n) is 2.58. The maximum atomic E-state index is 9.99. The molecule has 2 atom stereocenters. The second-order valence-electron chi connectivity index (χ2n) is 4.23. The van der Waals surface area contributed by atoms with Crippen LogP contribution in [0.3, 0.4) is 0 Å². The van der Waals surface area contributed by atoms with Crippen LogP contribution in [0.5, 0.6) is 0 Å². The zero-order chi connectivity index (χ0) is 15.0. The van der Waals surface area contributed by atoms with Crippen LogP contribution in [-0.4, -0.2) is 21.3 Å². The molecule has 0 saturated heterocycles. The molecule has 0 fully saturated rings. The molecule has 4 nitrogen and oxygen atoms in total. The Morgan fingerprint density at radius 1 is 0.800 bits per heavy atom. The van der Waals surface area contributed by atoms with E-state index in [2.05, 4.69) is 0 Å². The van der Waals surface area contributed by atoms with E-state index in [0.717, 1.165) is 18.1 Å². The van der Waals surface area contributed by atoms with Crippen LogP contribution >= 0.6 is 0 Å². The number of aliphatic hydroxyl groups excluding tert-OH is 2. The molecule has 106 valence electrons. The highest BCUT2D eigenvalue weighted by atomic mass is 16.4. The largest absolute Gasteiger partial charge is 0.481 e. The van der Waals surface area contributed by atoms with Gasteiger partial charge in [0.05, 0.1) is 0 Å². The van der Waals surface area contributed by atoms with Gasteiger partial charge in [-0.3, -0.25) is 4.79 Å². The molecule has 0 bridgehead atoms. The van der Waals surface area contributed by atoms with Crippen molar-refractivity contribution in [2.75, 3.05) is 0 Å². The maximum absolute atomic E-state index is 9.99. The summed E-state index contributed by atoms with van der Waals surface area (Å²) in [5, 5.41) is 27.4. The van der Waals surface area contributed by atoms with Crippen molar-refractivity contribution in [2.24, 2.45) is 0 Å². The zero-order valence-corrected chi connectivity index (χ0v) is 11.2. The summed E-state index contributed by atoms with van der Waals surface area (Å²) in [5.74, 6) is -0.833. The van der Waals surface area contributed by atoms with E-state index in [4.69, 9.17) is 9.90 Å². The van der Waals surface area contributed by atoms with E-state index in [0.29, 0.717) is 0 Å². The lowest BCUT2D eigenvalue weighted by Gasteiger charge is -2.18. The molecule has 0 aliphatic heterocycles. The molecule has 0 amide bonds. The van der Waals surface area contributed by atoms with Crippen molar-refractivity contribution in [1.82, 2.24) is 0 Å². The second-order valence-corrected chi connectivity index (χ2v) is 4.23. The number of hydrogen-bond acceptors (Lipinski definition) is 3. The van der Waals surface area contributed by atoms with Crippen LogP contribution in [0.15, 0.2) is 60.7 Å². The molecule has 0 aromatic heterocycles. The van der Waals surface area contributed by atoms with Crippen molar-refractivity contribution in [2.45, 2.75) is 19.1 Å². The number of hydrogen-bond donors (Lipinski definition) is 3. The van der Waals surface area contributed by atoms with Crippen molar-refractivity contribution < 1.29 is 20.1 Å². The van der Waals surface area contributed by atoms with Crippen LogP contribution in [0, 0.1) is 0 Å². The smallest absolute Gasteiger partial charge is 0.300 e. The first kappa shape index (κ1) is 15.9. The summed E-state index contributed by atoms with van der Waals surface area (Å²) in [4.78, 5) is 9.00. The third kappa shape index (κ3) is 5.22. The fraction of sp³-hybridized carbons (Fsp3) is 0.188. The highest BCUT2D eigenvalue weighted by Crippen LogP contribution is 2.27. The van der Waals surface area contributed by atoms with Crippen molar-refractivity contribution in [3.8, 4) is 0 Å². The van der Waals surface area contributed by atoms with Crippen molar-refractivity contribution in [1.29, 1.82) is 0 Å². The van der Waals surface area contributed by atoms with Gasteiger partial charge in [-0.1, -0.05) is 60.7 Å². The van der Waals surface area contributed by atoms with Crippen molar-refractivity contribution in [3.63, 3.8) is 0 Å². The highest BCUT2D eigenvalue weighted by Gasteiger charge is 2.19. The molecule has 0 radical (unpaired) electrons. The van der Waals surface area contributed by atoms with Crippen molar-refractivity contribution >= 4 is 5.97 Å². The average Bonchev–Trinajstić information content (AvgIpc) is 2.47. The van der Waals surface area contributed by atoms with Gasteiger partial charge in [-0.2, -0.15) is 0 Å². The van der Waals surface area contributed by atoms with Gasteiger partial charge in [0.25, 0.3) is 5.97 Å². The number of carbonyl (C=O) groups is 1. The molecule has 0 saturated carbocycles. The zero-order valence-electron chi connectivity index (χ0n) is 11.2. The quantitative estimate of drug-likeness (QED) is 0.803. The number of aliphatic hydroxyl groups is 2. The minimum absolute atomic E-state index is 0.721. The molecule has 20 heavy (non-hydrogen) atoms. The van der Waals surface area contributed by atoms with Crippen LogP contribution in [0.25, 0.3) is 0 Å². The van der Waals surface area contributed by atoms with E-state index >= 15 is 0 Å². The Morgan fingerprint density at radius 2 is 1.05 bits per heavy atom. The van der Waals surface area contributed by atoms with E-state index < -0.39 is 18.2 Å². The predicted molar refractivity (Wildman–Crippen MR) is 76.1 cm³/mol. The molecule has 2 rings (SSSR count). The van der Waals surface area contributed by atoms with Crippen LogP contribution in [0.1, 0.15) is 30.3 Å². The molecule has 3 N–H and O–H groups in total. The second kappa shape index (κ2) is 8.09. The first-order valence-corrected chi connectivity index (χ1v) is 6.18. The van der Waals surface area contributed by atoms with E-state index in [1.54, 1.807) is 24.3 Å². The minimum atomic E-state index is -0.886. The van der Waals surface area contributed by atoms with Crippen LogP contribution < -0.4 is 0 Å². The highest BCUT2D eigenvalue weighted by molar-refractivity contribution is 5.62. The number of carboxylic acids is 1. The summed E-state index contributed by atoms with van der Waals surface area (Å²) in [7, 11) is 0. The lowest BCUT2D eigenvalue weighted by Crippen LogP contribution is -2.09. The topological polar surface area (TPSA) is 77.8 Å². The minimum Gasteiger partial charge on any atom is -0.481 e. The molecule has 2 aromatic carbocycles. The number of carboxylic acid groups (broad SMARTS) is 1. The Hall–Kier alpha value is -2.17. The summed E-state index contributed by atoms with van der Waals surface area (Å²) < 4.78 is 0. The molecule has 4 heteroatoms. The van der Waals surface area contributed by atoms with Gasteiger partial charge in [0.1, 0.15) is 12.2 Å². The average molecular weight is 274 g/mol. The number of rotatable bonds is 3. The maximum Gasteiger partial charge on any atom is 0.300 e. The monoisotopic (exact) mass is 274 g/mol. The van der Waals surface area contributed by atoms with Gasteiger partial charge in [-0.25, -0.2) is 0 Å². The summed E-state index contributed by atoms with van der Waals surface area (Å²) >= 11 is 0. The lowest BCUT2D eigenvalue weighted by atomic mass is 9.99. The SMILES string of the molecule is CC(=O)O.OC(c1ccccc1)C(O)c1ccccc1. The molecule has 0 heterocycles.